The second kappa shape index (κ2) is 8.10. The van der Waals surface area contributed by atoms with Crippen molar-refractivity contribution in [1.82, 2.24) is 10.2 Å². The average molecular weight is 429 g/mol. The summed E-state index contributed by atoms with van der Waals surface area (Å²) in [6.45, 7) is 5.23. The van der Waals surface area contributed by atoms with Crippen LogP contribution in [0.15, 0.2) is 58.0 Å². The van der Waals surface area contributed by atoms with Crippen LogP contribution in [0.1, 0.15) is 22.8 Å². The number of carbonyl (C=O) groups is 1. The quantitative estimate of drug-likeness (QED) is 0.577. The largest absolute Gasteiger partial charge is 0.464 e. The molecule has 30 heavy (non-hydrogen) atoms. The molecule has 1 aliphatic heterocycles. The Morgan fingerprint density at radius 2 is 2.10 bits per heavy atom. The smallest absolute Gasteiger partial charge is 0.339 e. The normalized spacial score (nSPS) is 17.8. The van der Waals surface area contributed by atoms with Gasteiger partial charge in [-0.25, -0.2) is 0 Å². The van der Waals surface area contributed by atoms with Crippen LogP contribution in [0.5, 0.6) is 5.75 Å². The molecule has 3 N–H and O–H groups in total. The molecule has 2 aromatic carbocycles. The number of carbonyl (C=O) groups excluding carboxylic acids is 1. The predicted octanol–water partition coefficient (Wildman–Crippen LogP) is 2.09. The van der Waals surface area contributed by atoms with E-state index in [0.29, 0.717) is 23.6 Å². The molecule has 0 spiro atoms. The van der Waals surface area contributed by atoms with Gasteiger partial charge in [-0.2, -0.15) is 8.42 Å². The highest BCUT2D eigenvalue weighted by atomic mass is 32.2. The van der Waals surface area contributed by atoms with E-state index in [2.05, 4.69) is 17.1 Å². The van der Waals surface area contributed by atoms with Crippen LogP contribution >= 0.6 is 0 Å². The van der Waals surface area contributed by atoms with Gasteiger partial charge in [0.05, 0.1) is 11.8 Å². The number of hydrogen-bond donors (Lipinski definition) is 2. The minimum Gasteiger partial charge on any atom is -0.464 e. The molecule has 1 atom stereocenters. The van der Waals surface area contributed by atoms with Crippen LogP contribution in [0.25, 0.3) is 11.0 Å². The van der Waals surface area contributed by atoms with E-state index in [9.17, 15) is 13.2 Å². The Morgan fingerprint density at radius 1 is 1.30 bits per heavy atom. The van der Waals surface area contributed by atoms with Gasteiger partial charge in [-0.3, -0.25) is 9.69 Å². The molecule has 8 nitrogen and oxygen atoms in total. The van der Waals surface area contributed by atoms with Gasteiger partial charge in [0.2, 0.25) is 0 Å². The summed E-state index contributed by atoms with van der Waals surface area (Å²) in [4.78, 5) is 13.9. The van der Waals surface area contributed by atoms with Gasteiger partial charge in [-0.15, -0.1) is 0 Å². The lowest BCUT2D eigenvalue weighted by Crippen LogP contribution is -2.48. The van der Waals surface area contributed by atoms with Gasteiger partial charge in [0.15, 0.2) is 5.75 Å². The van der Waals surface area contributed by atoms with Crippen molar-refractivity contribution in [2.45, 2.75) is 24.4 Å². The maximum absolute atomic E-state index is 13.0. The highest BCUT2D eigenvalue weighted by Crippen LogP contribution is 2.29. The molecule has 1 fully saturated rings. The lowest BCUT2D eigenvalue weighted by atomic mass is 10.1. The monoisotopic (exact) mass is 429 g/mol. The number of nitrogens with two attached hydrogens (primary N) is 1. The lowest BCUT2D eigenvalue weighted by Gasteiger charge is -2.31. The Morgan fingerprint density at radius 3 is 2.87 bits per heavy atom. The Bertz CT molecular complexity index is 1190. The first-order valence-corrected chi connectivity index (χ1v) is 11.0. The van der Waals surface area contributed by atoms with Crippen molar-refractivity contribution >= 4 is 27.0 Å². The number of furan rings is 1. The molecule has 0 bridgehead atoms. The van der Waals surface area contributed by atoms with Crippen molar-refractivity contribution in [2.75, 3.05) is 19.6 Å². The molecule has 1 saturated heterocycles. The first-order valence-electron chi connectivity index (χ1n) is 9.62. The van der Waals surface area contributed by atoms with Gasteiger partial charge < -0.3 is 19.7 Å². The minimum atomic E-state index is -4.19. The maximum atomic E-state index is 13.0. The Kier molecular flexibility index (Phi) is 5.50. The van der Waals surface area contributed by atoms with Gasteiger partial charge >= 0.3 is 10.1 Å². The van der Waals surface area contributed by atoms with Crippen LogP contribution in [0, 0.1) is 0 Å². The van der Waals surface area contributed by atoms with E-state index in [1.54, 1.807) is 24.3 Å². The number of para-hydroxylation sites is 1. The fraction of sp³-hybridized carbons (Fsp3) is 0.286. The molecule has 0 unspecified atom stereocenters. The third-order valence-electron chi connectivity index (χ3n) is 5.09. The van der Waals surface area contributed by atoms with Crippen molar-refractivity contribution < 1.29 is 21.8 Å². The molecule has 3 aromatic rings. The van der Waals surface area contributed by atoms with E-state index in [0.717, 1.165) is 25.2 Å². The predicted molar refractivity (Wildman–Crippen MR) is 112 cm³/mol. The second-order valence-corrected chi connectivity index (χ2v) is 8.96. The zero-order valence-corrected chi connectivity index (χ0v) is 17.3. The third-order valence-corrected chi connectivity index (χ3v) is 6.30. The van der Waals surface area contributed by atoms with E-state index in [4.69, 9.17) is 14.3 Å². The van der Waals surface area contributed by atoms with E-state index in [-0.39, 0.29) is 16.2 Å². The molecule has 1 aromatic heterocycles. The van der Waals surface area contributed by atoms with Crippen molar-refractivity contribution in [3.63, 3.8) is 0 Å². The highest BCUT2D eigenvalue weighted by Gasteiger charge is 2.24. The summed E-state index contributed by atoms with van der Waals surface area (Å²) in [6.07, 6.45) is 1.54. The summed E-state index contributed by atoms with van der Waals surface area (Å²) >= 11 is 0. The maximum Gasteiger partial charge on any atom is 0.339 e. The molecule has 0 radical (unpaired) electrons. The van der Waals surface area contributed by atoms with E-state index >= 15 is 0 Å². The van der Waals surface area contributed by atoms with Gasteiger partial charge in [-0.1, -0.05) is 12.1 Å². The molecule has 1 aliphatic rings. The van der Waals surface area contributed by atoms with E-state index in [1.807, 2.05) is 0 Å². The fourth-order valence-electron chi connectivity index (χ4n) is 3.69. The number of primary amides is 1. The summed E-state index contributed by atoms with van der Waals surface area (Å²) in [5.41, 5.74) is 6.75. The van der Waals surface area contributed by atoms with Crippen LogP contribution in [-0.2, 0) is 16.7 Å². The van der Waals surface area contributed by atoms with E-state index in [1.165, 1.54) is 24.5 Å². The third kappa shape index (κ3) is 4.18. The number of amides is 1. The highest BCUT2D eigenvalue weighted by molar-refractivity contribution is 7.87. The zero-order chi connectivity index (χ0) is 21.3. The van der Waals surface area contributed by atoms with Crippen molar-refractivity contribution in [1.29, 1.82) is 0 Å². The van der Waals surface area contributed by atoms with Crippen LogP contribution in [-0.4, -0.2) is 44.9 Å². The number of nitrogens with one attached hydrogen (secondary N) is 1. The molecule has 9 heteroatoms. The molecule has 4 rings (SSSR count). The molecule has 0 aliphatic carbocycles. The number of hydrogen-bond acceptors (Lipinski definition) is 7. The van der Waals surface area contributed by atoms with Gasteiger partial charge in [0.25, 0.3) is 5.91 Å². The fourth-order valence-corrected chi connectivity index (χ4v) is 4.73. The Balaban J connectivity index is 1.69. The molecule has 158 valence electrons. The molecule has 2 heterocycles. The van der Waals surface area contributed by atoms with Crippen molar-refractivity contribution in [3.05, 3.63) is 59.9 Å². The molecule has 0 saturated carbocycles. The number of benzene rings is 2. The standard InChI is InChI=1S/C21H23N3O5S/c1-14-12-24(8-7-23-14)13-16-11-17(10-15-6-9-28-20(15)16)30(26,27)29-19-5-3-2-4-18(19)21(22)25/h2-6,9-11,14,23H,7-8,12-13H2,1H3,(H2,22,25)/t14-/m1/s1. The van der Waals surface area contributed by atoms with Crippen LogP contribution < -0.4 is 15.2 Å². The van der Waals surface area contributed by atoms with Gasteiger partial charge in [0, 0.05) is 43.2 Å². The summed E-state index contributed by atoms with van der Waals surface area (Å²) in [5.74, 6) is -0.866. The average Bonchev–Trinajstić information content (AvgIpc) is 3.17. The number of rotatable bonds is 6. The number of piperazine rings is 1. The van der Waals surface area contributed by atoms with Crippen molar-refractivity contribution in [3.8, 4) is 5.75 Å². The topological polar surface area (TPSA) is 115 Å². The molecular weight excluding hydrogens is 406 g/mol. The SMILES string of the molecule is C[C@@H]1CN(Cc2cc(S(=O)(=O)Oc3ccccc3C(N)=O)cc3ccoc23)CCN1. The summed E-state index contributed by atoms with van der Waals surface area (Å²) in [6, 6.07) is 11.1. The summed E-state index contributed by atoms with van der Waals surface area (Å²) in [7, 11) is -4.19. The van der Waals surface area contributed by atoms with Gasteiger partial charge in [0.1, 0.15) is 10.5 Å². The summed E-state index contributed by atoms with van der Waals surface area (Å²) in [5, 5.41) is 4.06. The first kappa shape index (κ1) is 20.4. The summed E-state index contributed by atoms with van der Waals surface area (Å²) < 4.78 is 36.9. The van der Waals surface area contributed by atoms with Crippen LogP contribution in [0.3, 0.4) is 0 Å². The Hall–Kier alpha value is -2.88. The van der Waals surface area contributed by atoms with E-state index < -0.39 is 16.0 Å². The lowest BCUT2D eigenvalue weighted by molar-refractivity contribution is 0.0999. The van der Waals surface area contributed by atoms with Crippen LogP contribution in [0.4, 0.5) is 0 Å². The minimum absolute atomic E-state index is 0.000456. The molecular formula is C21H23N3O5S. The van der Waals surface area contributed by atoms with Crippen molar-refractivity contribution in [2.24, 2.45) is 5.73 Å². The number of nitrogens with zero attached hydrogens (tertiary/aromatic N) is 1. The second-order valence-electron chi connectivity index (χ2n) is 7.41. The zero-order valence-electron chi connectivity index (χ0n) is 16.5. The first-order chi connectivity index (χ1) is 14.3. The Labute approximate surface area is 174 Å². The molecule has 1 amide bonds. The van der Waals surface area contributed by atoms with Gasteiger partial charge in [-0.05, 0) is 37.3 Å². The van der Waals surface area contributed by atoms with Crippen LogP contribution in [0.2, 0.25) is 0 Å². The number of fused-ring (bicyclic) bond motifs is 1.